The molecular formula is C16H21N3OS2. The molecule has 22 heavy (non-hydrogen) atoms. The molecule has 1 aromatic heterocycles. The van der Waals surface area contributed by atoms with E-state index in [0.29, 0.717) is 5.13 Å². The lowest BCUT2D eigenvalue weighted by Gasteiger charge is -2.15. The molecule has 2 N–H and O–H groups in total. The molecule has 118 valence electrons. The summed E-state index contributed by atoms with van der Waals surface area (Å²) in [5.41, 5.74) is 1.95. The Bertz CT molecular complexity index is 586. The van der Waals surface area contributed by atoms with Crippen LogP contribution in [0.1, 0.15) is 13.3 Å². The van der Waals surface area contributed by atoms with Crippen molar-refractivity contribution in [3.8, 4) is 11.3 Å². The van der Waals surface area contributed by atoms with Crippen molar-refractivity contribution in [3.05, 3.63) is 35.7 Å². The topological polar surface area (TPSA) is 54.0 Å². The van der Waals surface area contributed by atoms with Crippen LogP contribution < -0.4 is 10.6 Å². The van der Waals surface area contributed by atoms with Crippen molar-refractivity contribution in [1.82, 2.24) is 10.3 Å². The lowest BCUT2D eigenvalue weighted by atomic mass is 10.2. The van der Waals surface area contributed by atoms with Gasteiger partial charge in [-0.25, -0.2) is 4.98 Å². The molecule has 0 aliphatic heterocycles. The van der Waals surface area contributed by atoms with Crippen LogP contribution in [0.5, 0.6) is 0 Å². The number of hydrogen-bond acceptors (Lipinski definition) is 5. The van der Waals surface area contributed by atoms with E-state index in [2.05, 4.69) is 15.6 Å². The maximum atomic E-state index is 12.3. The summed E-state index contributed by atoms with van der Waals surface area (Å²) in [5.74, 6) is 0.947. The van der Waals surface area contributed by atoms with E-state index < -0.39 is 0 Å². The number of rotatable bonds is 8. The molecule has 2 aromatic rings. The Morgan fingerprint density at radius 1 is 1.36 bits per heavy atom. The predicted molar refractivity (Wildman–Crippen MR) is 96.6 cm³/mol. The van der Waals surface area contributed by atoms with Crippen LogP contribution in [0.15, 0.2) is 35.7 Å². The van der Waals surface area contributed by atoms with Crippen LogP contribution in [-0.4, -0.2) is 35.5 Å². The van der Waals surface area contributed by atoms with Crippen LogP contribution >= 0.6 is 23.1 Å². The number of benzene rings is 1. The molecule has 0 spiro atoms. The third-order valence-electron chi connectivity index (χ3n) is 3.18. The fourth-order valence-electron chi connectivity index (χ4n) is 2.07. The first-order chi connectivity index (χ1) is 10.7. The fraction of sp³-hybridized carbons (Fsp3) is 0.375. The highest BCUT2D eigenvalue weighted by atomic mass is 32.2. The maximum absolute atomic E-state index is 12.3. The molecule has 0 bridgehead atoms. The van der Waals surface area contributed by atoms with Gasteiger partial charge in [0.15, 0.2) is 5.13 Å². The van der Waals surface area contributed by atoms with E-state index in [1.54, 1.807) is 11.8 Å². The summed E-state index contributed by atoms with van der Waals surface area (Å²) in [4.78, 5) is 16.8. The number of thiazole rings is 1. The van der Waals surface area contributed by atoms with E-state index in [1.165, 1.54) is 11.3 Å². The van der Waals surface area contributed by atoms with Gasteiger partial charge in [0.2, 0.25) is 5.91 Å². The summed E-state index contributed by atoms with van der Waals surface area (Å²) in [6.07, 6.45) is 2.87. The van der Waals surface area contributed by atoms with Crippen molar-refractivity contribution in [3.63, 3.8) is 0 Å². The largest absolute Gasteiger partial charge is 0.306 e. The molecule has 1 atom stereocenters. The summed E-state index contributed by atoms with van der Waals surface area (Å²) in [5, 5.41) is 8.77. The van der Waals surface area contributed by atoms with Crippen LogP contribution in [-0.2, 0) is 4.79 Å². The third-order valence-corrected chi connectivity index (χ3v) is 4.58. The molecule has 6 heteroatoms. The minimum atomic E-state index is -0.165. The van der Waals surface area contributed by atoms with Crippen molar-refractivity contribution >= 4 is 34.1 Å². The van der Waals surface area contributed by atoms with E-state index in [1.807, 2.05) is 48.9 Å². The molecule has 0 aliphatic rings. The molecule has 0 saturated heterocycles. The molecule has 0 radical (unpaired) electrons. The van der Waals surface area contributed by atoms with Crippen molar-refractivity contribution < 1.29 is 4.79 Å². The first-order valence-corrected chi connectivity index (χ1v) is 9.56. The van der Waals surface area contributed by atoms with Crippen molar-refractivity contribution in [1.29, 1.82) is 0 Å². The van der Waals surface area contributed by atoms with E-state index in [-0.39, 0.29) is 11.9 Å². The van der Waals surface area contributed by atoms with Crippen LogP contribution in [0.25, 0.3) is 11.3 Å². The zero-order chi connectivity index (χ0) is 15.8. The molecular weight excluding hydrogens is 314 g/mol. The molecule has 0 aliphatic carbocycles. The van der Waals surface area contributed by atoms with Gasteiger partial charge in [-0.1, -0.05) is 37.3 Å². The van der Waals surface area contributed by atoms with E-state index >= 15 is 0 Å². The Hall–Kier alpha value is -1.37. The number of nitrogens with zero attached hydrogens (tertiary/aromatic N) is 1. The summed E-state index contributed by atoms with van der Waals surface area (Å²) in [6, 6.07) is 9.81. The quantitative estimate of drug-likeness (QED) is 0.775. The number of carbonyl (C=O) groups is 1. The Balaban J connectivity index is 2.00. The smallest absolute Gasteiger partial charge is 0.243 e. The Kier molecular flexibility index (Phi) is 6.89. The third kappa shape index (κ3) is 4.83. The van der Waals surface area contributed by atoms with Crippen molar-refractivity contribution in [2.75, 3.05) is 23.9 Å². The summed E-state index contributed by atoms with van der Waals surface area (Å²) in [6.45, 7) is 2.79. The Labute approximate surface area is 139 Å². The lowest BCUT2D eigenvalue weighted by Crippen LogP contribution is -2.40. The normalized spacial score (nSPS) is 12.1. The van der Waals surface area contributed by atoms with Gasteiger partial charge in [-0.05, 0) is 25.0 Å². The second-order valence-corrected chi connectivity index (χ2v) is 6.63. The lowest BCUT2D eigenvalue weighted by molar-refractivity contribution is -0.118. The minimum absolute atomic E-state index is 0.00939. The highest BCUT2D eigenvalue weighted by molar-refractivity contribution is 7.98. The van der Waals surface area contributed by atoms with Crippen molar-refractivity contribution in [2.24, 2.45) is 0 Å². The zero-order valence-corrected chi connectivity index (χ0v) is 14.5. The van der Waals surface area contributed by atoms with Crippen LogP contribution in [0, 0.1) is 0 Å². The number of hydrogen-bond donors (Lipinski definition) is 2. The number of amides is 1. The molecule has 0 saturated carbocycles. The number of likely N-dealkylation sites (N-methyl/N-ethyl adjacent to an activating group) is 1. The van der Waals surface area contributed by atoms with Crippen molar-refractivity contribution in [2.45, 2.75) is 19.4 Å². The molecule has 1 amide bonds. The molecule has 1 aromatic carbocycles. The number of thioether (sulfide) groups is 1. The highest BCUT2D eigenvalue weighted by Gasteiger charge is 2.18. The van der Waals surface area contributed by atoms with Gasteiger partial charge < -0.3 is 10.6 Å². The minimum Gasteiger partial charge on any atom is -0.306 e. The van der Waals surface area contributed by atoms with Gasteiger partial charge in [0.25, 0.3) is 0 Å². The summed E-state index contributed by atoms with van der Waals surface area (Å²) in [7, 11) is 0. The van der Waals surface area contributed by atoms with E-state index in [9.17, 15) is 4.79 Å². The standard InChI is InChI=1S/C16H21N3OS2/c1-3-17-13(9-10-21-2)15(20)19-16-18-14(11-22-16)12-7-5-4-6-8-12/h4-8,11,13,17H,3,9-10H2,1-2H3,(H,18,19,20)/t13-/m0/s1. The van der Waals surface area contributed by atoms with Gasteiger partial charge in [-0.3, -0.25) is 4.79 Å². The number of anilines is 1. The Morgan fingerprint density at radius 3 is 2.82 bits per heavy atom. The zero-order valence-electron chi connectivity index (χ0n) is 12.8. The molecule has 0 fully saturated rings. The SMILES string of the molecule is CCN[C@@H](CCSC)C(=O)Nc1nc(-c2ccccc2)cs1. The number of carbonyl (C=O) groups excluding carboxylic acids is 1. The number of nitrogens with one attached hydrogen (secondary N) is 2. The monoisotopic (exact) mass is 335 g/mol. The molecule has 2 rings (SSSR count). The first-order valence-electron chi connectivity index (χ1n) is 7.28. The van der Waals surface area contributed by atoms with E-state index in [4.69, 9.17) is 0 Å². The van der Waals surface area contributed by atoms with Gasteiger partial charge in [0.05, 0.1) is 11.7 Å². The fourth-order valence-corrected chi connectivity index (χ4v) is 3.27. The molecule has 1 heterocycles. The van der Waals surface area contributed by atoms with Gasteiger partial charge in [-0.15, -0.1) is 11.3 Å². The maximum Gasteiger partial charge on any atom is 0.243 e. The summed E-state index contributed by atoms with van der Waals surface area (Å²) >= 11 is 3.20. The average Bonchev–Trinajstić information content (AvgIpc) is 3.00. The van der Waals surface area contributed by atoms with Gasteiger partial charge >= 0.3 is 0 Å². The van der Waals surface area contributed by atoms with Crippen LogP contribution in [0.2, 0.25) is 0 Å². The van der Waals surface area contributed by atoms with Crippen LogP contribution in [0.3, 0.4) is 0 Å². The molecule has 4 nitrogen and oxygen atoms in total. The first kappa shape index (κ1) is 17.0. The predicted octanol–water partition coefficient (Wildman–Crippen LogP) is 3.48. The second-order valence-electron chi connectivity index (χ2n) is 4.78. The van der Waals surface area contributed by atoms with Crippen LogP contribution in [0.4, 0.5) is 5.13 Å². The highest BCUT2D eigenvalue weighted by Crippen LogP contribution is 2.24. The average molecular weight is 335 g/mol. The Morgan fingerprint density at radius 2 is 2.14 bits per heavy atom. The van der Waals surface area contributed by atoms with Gasteiger partial charge in [-0.2, -0.15) is 11.8 Å². The number of aromatic nitrogens is 1. The van der Waals surface area contributed by atoms with Gasteiger partial charge in [0, 0.05) is 10.9 Å². The van der Waals surface area contributed by atoms with E-state index in [0.717, 1.165) is 30.0 Å². The second kappa shape index (κ2) is 8.92. The summed E-state index contributed by atoms with van der Waals surface area (Å²) < 4.78 is 0. The molecule has 0 unspecified atom stereocenters. The van der Waals surface area contributed by atoms with Gasteiger partial charge in [0.1, 0.15) is 0 Å².